The van der Waals surface area contributed by atoms with Crippen molar-refractivity contribution >= 4 is 38.5 Å². The first-order valence-electron chi connectivity index (χ1n) is 11.0. The van der Waals surface area contributed by atoms with Gasteiger partial charge < -0.3 is 9.47 Å². The van der Waals surface area contributed by atoms with E-state index in [-0.39, 0.29) is 17.5 Å². The number of hydrogen-bond acceptors (Lipinski definition) is 5. The van der Waals surface area contributed by atoms with E-state index in [9.17, 15) is 9.59 Å². The number of thiophene rings is 1. The third-order valence-corrected chi connectivity index (χ3v) is 7.98. The molecule has 3 aromatic heterocycles. The van der Waals surface area contributed by atoms with Crippen LogP contribution in [0.2, 0.25) is 0 Å². The van der Waals surface area contributed by atoms with Crippen molar-refractivity contribution in [3.63, 3.8) is 0 Å². The van der Waals surface area contributed by atoms with Gasteiger partial charge in [0.05, 0.1) is 16.4 Å². The zero-order chi connectivity index (χ0) is 22.7. The lowest BCUT2D eigenvalue weighted by Crippen LogP contribution is -2.41. The maximum absolute atomic E-state index is 13.3. The number of aromatic nitrogens is 4. The summed E-state index contributed by atoms with van der Waals surface area (Å²) in [4.78, 5) is 39.6. The van der Waals surface area contributed by atoms with Gasteiger partial charge in [-0.2, -0.15) is 0 Å². The number of benzene rings is 1. The molecule has 4 heterocycles. The predicted octanol–water partition coefficient (Wildman–Crippen LogP) is 4.06. The number of imidazole rings is 1. The highest BCUT2D eigenvalue weighted by Crippen LogP contribution is 2.29. The number of piperidine rings is 1. The standard InChI is InChI=1S/C24H27N5O2S/c1-13-14(2)32-22-21(13)24(31)29(16(4)26-22)18-8-10-28(11-9-18)23(30)17-6-7-20-19(12-17)25-15(3)27(20)5/h6-7,12,18H,8-11H2,1-5H3. The van der Waals surface area contributed by atoms with Crippen LogP contribution >= 0.6 is 11.3 Å². The second kappa shape index (κ2) is 7.55. The Hall–Kier alpha value is -3.00. The first-order valence-corrected chi connectivity index (χ1v) is 11.8. The Morgan fingerprint density at radius 3 is 2.50 bits per heavy atom. The summed E-state index contributed by atoms with van der Waals surface area (Å²) in [7, 11) is 1.98. The van der Waals surface area contributed by atoms with E-state index in [0.29, 0.717) is 18.7 Å². The van der Waals surface area contributed by atoms with Crippen LogP contribution in [-0.4, -0.2) is 43.0 Å². The highest BCUT2D eigenvalue weighted by Gasteiger charge is 2.27. The molecule has 0 bridgehead atoms. The minimum absolute atomic E-state index is 0.0237. The van der Waals surface area contributed by atoms with E-state index in [2.05, 4.69) is 4.98 Å². The van der Waals surface area contributed by atoms with Crippen LogP contribution < -0.4 is 5.56 Å². The summed E-state index contributed by atoms with van der Waals surface area (Å²) in [5, 5.41) is 0.746. The van der Waals surface area contributed by atoms with Crippen molar-refractivity contribution in [2.75, 3.05) is 13.1 Å². The van der Waals surface area contributed by atoms with E-state index in [1.54, 1.807) is 11.3 Å². The van der Waals surface area contributed by atoms with Crippen molar-refractivity contribution in [3.05, 3.63) is 56.2 Å². The largest absolute Gasteiger partial charge is 0.338 e. The molecule has 32 heavy (non-hydrogen) atoms. The Labute approximate surface area is 190 Å². The van der Waals surface area contributed by atoms with Crippen molar-refractivity contribution in [1.82, 2.24) is 24.0 Å². The predicted molar refractivity (Wildman–Crippen MR) is 128 cm³/mol. The molecule has 1 aliphatic rings. The quantitative estimate of drug-likeness (QED) is 0.463. The molecule has 8 heteroatoms. The van der Waals surface area contributed by atoms with E-state index >= 15 is 0 Å². The normalized spacial score (nSPS) is 15.2. The highest BCUT2D eigenvalue weighted by molar-refractivity contribution is 7.18. The number of nitrogens with zero attached hydrogens (tertiary/aromatic N) is 5. The zero-order valence-corrected chi connectivity index (χ0v) is 19.9. The van der Waals surface area contributed by atoms with Gasteiger partial charge in [-0.25, -0.2) is 9.97 Å². The van der Waals surface area contributed by atoms with Gasteiger partial charge >= 0.3 is 0 Å². The van der Waals surface area contributed by atoms with Crippen LogP contribution in [0, 0.1) is 27.7 Å². The Morgan fingerprint density at radius 2 is 1.78 bits per heavy atom. The summed E-state index contributed by atoms with van der Waals surface area (Å²) in [6.07, 6.45) is 1.49. The third kappa shape index (κ3) is 3.16. The van der Waals surface area contributed by atoms with Crippen LogP contribution in [0.25, 0.3) is 21.3 Å². The van der Waals surface area contributed by atoms with Gasteiger partial charge in [0, 0.05) is 36.6 Å². The van der Waals surface area contributed by atoms with Gasteiger partial charge in [0.15, 0.2) is 0 Å². The van der Waals surface area contributed by atoms with Crippen LogP contribution in [0.5, 0.6) is 0 Å². The van der Waals surface area contributed by atoms with Gasteiger partial charge in [-0.05, 0) is 64.3 Å². The van der Waals surface area contributed by atoms with E-state index in [0.717, 1.165) is 56.2 Å². The molecular weight excluding hydrogens is 422 g/mol. The SMILES string of the molecule is Cc1sc2nc(C)n(C3CCN(C(=O)c4ccc5c(c4)nc(C)n5C)CC3)c(=O)c2c1C. The second-order valence-corrected chi connectivity index (χ2v) is 9.95. The molecule has 1 aliphatic heterocycles. The smallest absolute Gasteiger partial charge is 0.262 e. The number of hydrogen-bond donors (Lipinski definition) is 0. The van der Waals surface area contributed by atoms with Crippen LogP contribution in [0.3, 0.4) is 0 Å². The second-order valence-electron chi connectivity index (χ2n) is 8.74. The van der Waals surface area contributed by atoms with Crippen molar-refractivity contribution in [2.45, 2.75) is 46.6 Å². The Bertz CT molecular complexity index is 1440. The topological polar surface area (TPSA) is 73.0 Å². The Morgan fingerprint density at radius 1 is 1.06 bits per heavy atom. The number of carbonyl (C=O) groups excluding carboxylic acids is 1. The monoisotopic (exact) mass is 449 g/mol. The molecule has 0 saturated carbocycles. The molecule has 0 radical (unpaired) electrons. The van der Waals surface area contributed by atoms with Crippen LogP contribution in [0.15, 0.2) is 23.0 Å². The molecule has 166 valence electrons. The molecule has 7 nitrogen and oxygen atoms in total. The zero-order valence-electron chi connectivity index (χ0n) is 19.1. The van der Waals surface area contributed by atoms with Crippen LogP contribution in [0.1, 0.15) is 51.3 Å². The lowest BCUT2D eigenvalue weighted by atomic mass is 10.0. The number of fused-ring (bicyclic) bond motifs is 2. The number of likely N-dealkylation sites (tertiary alicyclic amines) is 1. The average molecular weight is 450 g/mol. The Kier molecular flexibility index (Phi) is 4.93. The average Bonchev–Trinajstić information content (AvgIpc) is 3.22. The maximum atomic E-state index is 13.3. The van der Waals surface area contributed by atoms with E-state index in [1.165, 1.54) is 0 Å². The first kappa shape index (κ1) is 20.9. The summed E-state index contributed by atoms with van der Waals surface area (Å²) in [5.74, 6) is 1.70. The fourth-order valence-electron chi connectivity index (χ4n) is 4.80. The molecule has 4 aromatic rings. The van der Waals surface area contributed by atoms with Crippen molar-refractivity contribution in [1.29, 1.82) is 0 Å². The molecule has 1 saturated heterocycles. The molecule has 1 amide bonds. The van der Waals surface area contributed by atoms with Gasteiger partial charge in [0.25, 0.3) is 11.5 Å². The van der Waals surface area contributed by atoms with Crippen LogP contribution in [-0.2, 0) is 7.05 Å². The van der Waals surface area contributed by atoms with Crippen molar-refractivity contribution in [3.8, 4) is 0 Å². The number of carbonyl (C=O) groups is 1. The first-order chi connectivity index (χ1) is 15.3. The minimum atomic E-state index is 0.0237. The highest BCUT2D eigenvalue weighted by atomic mass is 32.1. The third-order valence-electron chi connectivity index (χ3n) is 6.88. The maximum Gasteiger partial charge on any atom is 0.262 e. The summed E-state index contributed by atoms with van der Waals surface area (Å²) in [6, 6.07) is 5.78. The molecule has 0 spiro atoms. The summed E-state index contributed by atoms with van der Waals surface area (Å²) in [5.41, 5.74) is 3.61. The fourth-order valence-corrected chi connectivity index (χ4v) is 5.87. The molecule has 0 unspecified atom stereocenters. The fraction of sp³-hybridized carbons (Fsp3) is 0.417. The minimum Gasteiger partial charge on any atom is -0.338 e. The van der Waals surface area contributed by atoms with Crippen molar-refractivity contribution in [2.24, 2.45) is 7.05 Å². The molecule has 0 N–H and O–H groups in total. The molecule has 0 atom stereocenters. The van der Waals surface area contributed by atoms with Gasteiger partial charge in [0.2, 0.25) is 0 Å². The van der Waals surface area contributed by atoms with Crippen molar-refractivity contribution < 1.29 is 4.79 Å². The van der Waals surface area contributed by atoms with Gasteiger partial charge in [-0.15, -0.1) is 11.3 Å². The van der Waals surface area contributed by atoms with Gasteiger partial charge in [0.1, 0.15) is 16.5 Å². The number of aryl methyl sites for hydroxylation is 5. The molecular formula is C24H27N5O2S. The van der Waals surface area contributed by atoms with Gasteiger partial charge in [-0.3, -0.25) is 14.2 Å². The molecule has 1 aromatic carbocycles. The molecule has 1 fully saturated rings. The van der Waals surface area contributed by atoms with Crippen LogP contribution in [0.4, 0.5) is 0 Å². The Balaban J connectivity index is 1.38. The lowest BCUT2D eigenvalue weighted by Gasteiger charge is -2.33. The summed E-state index contributed by atoms with van der Waals surface area (Å²) >= 11 is 1.58. The number of rotatable bonds is 2. The van der Waals surface area contributed by atoms with E-state index < -0.39 is 0 Å². The molecule has 0 aliphatic carbocycles. The van der Waals surface area contributed by atoms with Gasteiger partial charge in [-0.1, -0.05) is 0 Å². The summed E-state index contributed by atoms with van der Waals surface area (Å²) in [6.45, 7) is 9.14. The lowest BCUT2D eigenvalue weighted by molar-refractivity contribution is 0.0692. The van der Waals surface area contributed by atoms with E-state index in [4.69, 9.17) is 4.98 Å². The molecule has 5 rings (SSSR count). The summed E-state index contributed by atoms with van der Waals surface area (Å²) < 4.78 is 3.88. The van der Waals surface area contributed by atoms with E-state index in [1.807, 2.05) is 67.0 Å². The number of amides is 1.